The summed E-state index contributed by atoms with van der Waals surface area (Å²) < 4.78 is 40.3. The van der Waals surface area contributed by atoms with Gasteiger partial charge in [-0.3, -0.25) is 11.3 Å². The molecule has 1 fully saturated rings. The third-order valence-corrected chi connectivity index (χ3v) is 3.16. The van der Waals surface area contributed by atoms with Crippen molar-refractivity contribution in [2.24, 2.45) is 11.8 Å². The zero-order chi connectivity index (χ0) is 12.7. The first kappa shape index (κ1) is 14.7. The van der Waals surface area contributed by atoms with Crippen LogP contribution in [0, 0.1) is 5.92 Å². The summed E-state index contributed by atoms with van der Waals surface area (Å²) in [6.07, 6.45) is 2.53. The second-order valence-electron chi connectivity index (χ2n) is 4.73. The third kappa shape index (κ3) is 6.85. The standard InChI is InChI=1S/C11H21F3N2O/c12-11(13,14)8-17-7-10(16-15)6-9-4-2-1-3-5-9/h9-10,16H,1-8,15H2. The molecule has 6 heteroatoms. The van der Waals surface area contributed by atoms with Gasteiger partial charge in [0.25, 0.3) is 0 Å². The van der Waals surface area contributed by atoms with Gasteiger partial charge in [0.15, 0.2) is 0 Å². The maximum Gasteiger partial charge on any atom is 0.411 e. The lowest BCUT2D eigenvalue weighted by Gasteiger charge is -2.26. The molecular weight excluding hydrogens is 233 g/mol. The molecule has 0 radical (unpaired) electrons. The molecule has 0 saturated heterocycles. The van der Waals surface area contributed by atoms with Gasteiger partial charge >= 0.3 is 6.18 Å². The van der Waals surface area contributed by atoms with E-state index in [-0.39, 0.29) is 12.6 Å². The summed E-state index contributed by atoms with van der Waals surface area (Å²) >= 11 is 0. The monoisotopic (exact) mass is 254 g/mol. The van der Waals surface area contributed by atoms with Gasteiger partial charge in [0, 0.05) is 6.04 Å². The van der Waals surface area contributed by atoms with Crippen molar-refractivity contribution in [2.75, 3.05) is 13.2 Å². The van der Waals surface area contributed by atoms with Gasteiger partial charge in [-0.2, -0.15) is 13.2 Å². The van der Waals surface area contributed by atoms with Crippen LogP contribution in [0.25, 0.3) is 0 Å². The summed E-state index contributed by atoms with van der Waals surface area (Å²) in [5, 5.41) is 0. The molecule has 0 spiro atoms. The van der Waals surface area contributed by atoms with Crippen molar-refractivity contribution < 1.29 is 17.9 Å². The number of nitrogens with two attached hydrogens (primary N) is 1. The first-order chi connectivity index (χ1) is 8.01. The zero-order valence-electron chi connectivity index (χ0n) is 9.93. The Labute approximate surface area is 99.9 Å². The van der Waals surface area contributed by atoms with Gasteiger partial charge in [-0.15, -0.1) is 0 Å². The Morgan fingerprint density at radius 2 is 1.88 bits per heavy atom. The number of hydrazine groups is 1. The van der Waals surface area contributed by atoms with Crippen molar-refractivity contribution in [1.29, 1.82) is 0 Å². The first-order valence-corrected chi connectivity index (χ1v) is 6.12. The van der Waals surface area contributed by atoms with Crippen LogP contribution in [0.1, 0.15) is 38.5 Å². The number of nitrogens with one attached hydrogen (secondary N) is 1. The maximum atomic E-state index is 11.9. The number of rotatable bonds is 6. The van der Waals surface area contributed by atoms with Crippen molar-refractivity contribution >= 4 is 0 Å². The summed E-state index contributed by atoms with van der Waals surface area (Å²) in [6.45, 7) is -1.18. The summed E-state index contributed by atoms with van der Waals surface area (Å²) in [4.78, 5) is 0. The van der Waals surface area contributed by atoms with Crippen LogP contribution in [0.4, 0.5) is 13.2 Å². The van der Waals surface area contributed by atoms with Crippen LogP contribution < -0.4 is 11.3 Å². The molecule has 1 aliphatic carbocycles. The van der Waals surface area contributed by atoms with E-state index in [0.29, 0.717) is 5.92 Å². The Bertz CT molecular complexity index is 205. The number of hydrogen-bond acceptors (Lipinski definition) is 3. The predicted molar refractivity (Wildman–Crippen MR) is 59.2 cm³/mol. The van der Waals surface area contributed by atoms with Crippen molar-refractivity contribution in [2.45, 2.75) is 50.7 Å². The Morgan fingerprint density at radius 3 is 2.41 bits per heavy atom. The molecule has 1 unspecified atom stereocenters. The van der Waals surface area contributed by atoms with Gasteiger partial charge in [-0.1, -0.05) is 32.1 Å². The molecule has 0 aliphatic heterocycles. The van der Waals surface area contributed by atoms with Crippen molar-refractivity contribution in [3.63, 3.8) is 0 Å². The van der Waals surface area contributed by atoms with Crippen LogP contribution >= 0.6 is 0 Å². The third-order valence-electron chi connectivity index (χ3n) is 3.16. The minimum absolute atomic E-state index is 0.0203. The molecule has 0 aromatic heterocycles. The molecule has 0 amide bonds. The molecule has 3 N–H and O–H groups in total. The van der Waals surface area contributed by atoms with E-state index in [9.17, 15) is 13.2 Å². The van der Waals surface area contributed by atoms with E-state index < -0.39 is 12.8 Å². The van der Waals surface area contributed by atoms with Gasteiger partial charge in [0.05, 0.1) is 6.61 Å². The summed E-state index contributed by atoms with van der Waals surface area (Å²) in [5.41, 5.74) is 2.54. The number of hydrogen-bond donors (Lipinski definition) is 2. The quantitative estimate of drug-likeness (QED) is 0.565. The van der Waals surface area contributed by atoms with Gasteiger partial charge < -0.3 is 4.74 Å². The zero-order valence-corrected chi connectivity index (χ0v) is 9.93. The Kier molecular flexibility index (Phi) is 6.22. The lowest BCUT2D eigenvalue weighted by molar-refractivity contribution is -0.175. The lowest BCUT2D eigenvalue weighted by atomic mass is 9.85. The van der Waals surface area contributed by atoms with E-state index in [0.717, 1.165) is 19.3 Å². The average molecular weight is 254 g/mol. The second kappa shape index (κ2) is 7.18. The molecule has 0 bridgehead atoms. The van der Waals surface area contributed by atoms with Crippen molar-refractivity contribution in [3.05, 3.63) is 0 Å². The molecule has 1 atom stereocenters. The number of ether oxygens (including phenoxy) is 1. The highest BCUT2D eigenvalue weighted by atomic mass is 19.4. The van der Waals surface area contributed by atoms with Crippen molar-refractivity contribution in [1.82, 2.24) is 5.43 Å². The number of alkyl halides is 3. The molecule has 0 aromatic carbocycles. The van der Waals surface area contributed by atoms with E-state index in [2.05, 4.69) is 10.2 Å². The fourth-order valence-electron chi connectivity index (χ4n) is 2.33. The SMILES string of the molecule is NNC(COCC(F)(F)F)CC1CCCCC1. The highest BCUT2D eigenvalue weighted by Gasteiger charge is 2.28. The highest BCUT2D eigenvalue weighted by Crippen LogP contribution is 2.27. The minimum Gasteiger partial charge on any atom is -0.370 e. The largest absolute Gasteiger partial charge is 0.411 e. The molecule has 1 rings (SSSR count). The molecule has 1 aliphatic rings. The number of halogens is 3. The molecule has 3 nitrogen and oxygen atoms in total. The summed E-state index contributed by atoms with van der Waals surface area (Å²) in [6, 6.07) is -0.180. The molecule has 0 heterocycles. The molecule has 102 valence electrons. The van der Waals surface area contributed by atoms with E-state index in [4.69, 9.17) is 5.84 Å². The van der Waals surface area contributed by atoms with E-state index in [1.807, 2.05) is 0 Å². The van der Waals surface area contributed by atoms with E-state index in [1.165, 1.54) is 19.3 Å². The maximum absolute atomic E-state index is 11.9. The summed E-state index contributed by atoms with van der Waals surface area (Å²) in [7, 11) is 0. The fourth-order valence-corrected chi connectivity index (χ4v) is 2.33. The Morgan fingerprint density at radius 1 is 1.24 bits per heavy atom. The molecule has 17 heavy (non-hydrogen) atoms. The smallest absolute Gasteiger partial charge is 0.370 e. The minimum atomic E-state index is -4.26. The Hall–Kier alpha value is -0.330. The van der Waals surface area contributed by atoms with Crippen LogP contribution in [-0.2, 0) is 4.74 Å². The Balaban J connectivity index is 2.18. The van der Waals surface area contributed by atoms with Crippen LogP contribution in [0.2, 0.25) is 0 Å². The highest BCUT2D eigenvalue weighted by molar-refractivity contribution is 4.73. The van der Waals surface area contributed by atoms with Gasteiger partial charge in [0.2, 0.25) is 0 Å². The van der Waals surface area contributed by atoms with Crippen LogP contribution in [0.15, 0.2) is 0 Å². The average Bonchev–Trinajstić information content (AvgIpc) is 2.27. The van der Waals surface area contributed by atoms with Gasteiger partial charge in [-0.25, -0.2) is 0 Å². The van der Waals surface area contributed by atoms with E-state index >= 15 is 0 Å². The molecule has 1 saturated carbocycles. The summed E-state index contributed by atoms with van der Waals surface area (Å²) in [5.74, 6) is 5.90. The van der Waals surface area contributed by atoms with Crippen LogP contribution in [-0.4, -0.2) is 25.4 Å². The van der Waals surface area contributed by atoms with Crippen molar-refractivity contribution in [3.8, 4) is 0 Å². The molecule has 0 aromatic rings. The van der Waals surface area contributed by atoms with Crippen LogP contribution in [0.5, 0.6) is 0 Å². The van der Waals surface area contributed by atoms with E-state index in [1.54, 1.807) is 0 Å². The van der Waals surface area contributed by atoms with Crippen LogP contribution in [0.3, 0.4) is 0 Å². The predicted octanol–water partition coefficient (Wildman–Crippen LogP) is 2.37. The lowest BCUT2D eigenvalue weighted by Crippen LogP contribution is -2.41. The van der Waals surface area contributed by atoms with Gasteiger partial charge in [0.1, 0.15) is 6.61 Å². The first-order valence-electron chi connectivity index (χ1n) is 6.12. The molecular formula is C11H21F3N2O. The normalized spacial score (nSPS) is 20.5. The topological polar surface area (TPSA) is 47.3 Å². The fraction of sp³-hybridized carbons (Fsp3) is 1.00. The van der Waals surface area contributed by atoms with Gasteiger partial charge in [-0.05, 0) is 12.3 Å². The second-order valence-corrected chi connectivity index (χ2v) is 4.73.